The Hall–Kier alpha value is -0.860. The van der Waals surface area contributed by atoms with Crippen molar-refractivity contribution in [1.82, 2.24) is 0 Å². The maximum atomic E-state index is 12.4. The van der Waals surface area contributed by atoms with Gasteiger partial charge in [0.05, 0.1) is 7.11 Å². The zero-order chi connectivity index (χ0) is 12.8. The van der Waals surface area contributed by atoms with E-state index in [9.17, 15) is 9.59 Å². The quantitative estimate of drug-likeness (QED) is 0.431. The summed E-state index contributed by atoms with van der Waals surface area (Å²) in [6, 6.07) is 0. The van der Waals surface area contributed by atoms with E-state index in [2.05, 4.69) is 0 Å². The molecule has 1 fully saturated rings. The van der Waals surface area contributed by atoms with E-state index in [1.807, 2.05) is 13.8 Å². The lowest BCUT2D eigenvalue weighted by molar-refractivity contribution is -0.152. The van der Waals surface area contributed by atoms with Crippen LogP contribution in [0, 0.1) is 17.8 Å². The fourth-order valence-corrected chi connectivity index (χ4v) is 2.66. The number of ether oxygens (including phenoxy) is 1. The van der Waals surface area contributed by atoms with Crippen molar-refractivity contribution in [2.45, 2.75) is 52.4 Å². The predicted octanol–water partition coefficient (Wildman–Crippen LogP) is 2.97. The summed E-state index contributed by atoms with van der Waals surface area (Å²) in [5, 5.41) is 0. The molecule has 0 aromatic rings. The number of esters is 1. The Bertz CT molecular complexity index is 263. The molecule has 0 amide bonds. The maximum Gasteiger partial charge on any atom is 0.316 e. The Balaban J connectivity index is 2.72. The SMILES string of the molecule is COC(=O)C(C(=O)C1CCCCCC1)C(C)C. The fraction of sp³-hybridized carbons (Fsp3) is 0.857. The average Bonchev–Trinajstić information content (AvgIpc) is 2.56. The van der Waals surface area contributed by atoms with Gasteiger partial charge in [-0.05, 0) is 18.8 Å². The van der Waals surface area contributed by atoms with Gasteiger partial charge in [-0.15, -0.1) is 0 Å². The molecule has 3 nitrogen and oxygen atoms in total. The van der Waals surface area contributed by atoms with E-state index in [0.29, 0.717) is 0 Å². The zero-order valence-electron chi connectivity index (χ0n) is 11.2. The van der Waals surface area contributed by atoms with Crippen LogP contribution in [0.3, 0.4) is 0 Å². The smallest absolute Gasteiger partial charge is 0.316 e. The van der Waals surface area contributed by atoms with Gasteiger partial charge in [-0.25, -0.2) is 0 Å². The van der Waals surface area contributed by atoms with Crippen LogP contribution in [0.1, 0.15) is 52.4 Å². The van der Waals surface area contributed by atoms with Crippen molar-refractivity contribution in [2.75, 3.05) is 7.11 Å². The van der Waals surface area contributed by atoms with E-state index < -0.39 is 5.92 Å². The molecule has 0 heterocycles. The van der Waals surface area contributed by atoms with Gasteiger partial charge in [0.2, 0.25) is 0 Å². The van der Waals surface area contributed by atoms with Crippen molar-refractivity contribution in [2.24, 2.45) is 17.8 Å². The van der Waals surface area contributed by atoms with Gasteiger partial charge in [-0.1, -0.05) is 39.5 Å². The van der Waals surface area contributed by atoms with Crippen molar-refractivity contribution in [3.05, 3.63) is 0 Å². The second-order valence-corrected chi connectivity index (χ2v) is 5.34. The molecule has 98 valence electrons. The van der Waals surface area contributed by atoms with Gasteiger partial charge in [0.25, 0.3) is 0 Å². The highest BCUT2D eigenvalue weighted by Crippen LogP contribution is 2.28. The molecule has 1 unspecified atom stereocenters. The fourth-order valence-electron chi connectivity index (χ4n) is 2.66. The molecule has 1 aliphatic rings. The summed E-state index contributed by atoms with van der Waals surface area (Å²) in [5.41, 5.74) is 0. The number of hydrogen-bond acceptors (Lipinski definition) is 3. The Morgan fingerprint density at radius 3 is 2.00 bits per heavy atom. The number of hydrogen-bond donors (Lipinski definition) is 0. The molecule has 1 aliphatic carbocycles. The highest BCUT2D eigenvalue weighted by Gasteiger charge is 2.35. The van der Waals surface area contributed by atoms with E-state index in [0.717, 1.165) is 25.7 Å². The summed E-state index contributed by atoms with van der Waals surface area (Å²) in [6.45, 7) is 3.83. The highest BCUT2D eigenvalue weighted by molar-refractivity contribution is 6.00. The standard InChI is InChI=1S/C14H24O3/c1-10(2)12(14(16)17-3)13(15)11-8-6-4-5-7-9-11/h10-12H,4-9H2,1-3H3. The van der Waals surface area contributed by atoms with Crippen LogP contribution in [-0.4, -0.2) is 18.9 Å². The Kier molecular flexibility index (Phi) is 5.66. The third-order valence-corrected chi connectivity index (χ3v) is 3.69. The molecule has 1 rings (SSSR count). The third kappa shape index (κ3) is 3.83. The third-order valence-electron chi connectivity index (χ3n) is 3.69. The first-order valence-electron chi connectivity index (χ1n) is 6.69. The van der Waals surface area contributed by atoms with Crippen molar-refractivity contribution in [1.29, 1.82) is 0 Å². The van der Waals surface area contributed by atoms with E-state index >= 15 is 0 Å². The summed E-state index contributed by atoms with van der Waals surface area (Å²) in [6.07, 6.45) is 6.55. The van der Waals surface area contributed by atoms with E-state index in [1.54, 1.807) is 0 Å². The van der Waals surface area contributed by atoms with Crippen molar-refractivity contribution >= 4 is 11.8 Å². The van der Waals surface area contributed by atoms with Crippen LogP contribution in [0.25, 0.3) is 0 Å². The second-order valence-electron chi connectivity index (χ2n) is 5.34. The van der Waals surface area contributed by atoms with Crippen LogP contribution < -0.4 is 0 Å². The maximum absolute atomic E-state index is 12.4. The largest absolute Gasteiger partial charge is 0.468 e. The molecule has 1 saturated carbocycles. The van der Waals surface area contributed by atoms with Crippen LogP contribution in [-0.2, 0) is 14.3 Å². The first-order chi connectivity index (χ1) is 8.07. The Morgan fingerprint density at radius 1 is 1.06 bits per heavy atom. The van der Waals surface area contributed by atoms with Crippen LogP contribution in [0.2, 0.25) is 0 Å². The normalized spacial score (nSPS) is 19.8. The minimum absolute atomic E-state index is 0.0261. The van der Waals surface area contributed by atoms with Crippen LogP contribution in [0.4, 0.5) is 0 Å². The summed E-state index contributed by atoms with van der Waals surface area (Å²) in [5.74, 6) is -0.728. The van der Waals surface area contributed by atoms with Gasteiger partial charge in [0, 0.05) is 5.92 Å². The summed E-state index contributed by atoms with van der Waals surface area (Å²) in [7, 11) is 1.36. The number of rotatable bonds is 4. The molecular weight excluding hydrogens is 216 g/mol. The van der Waals surface area contributed by atoms with E-state index in [-0.39, 0.29) is 23.6 Å². The number of carbonyl (C=O) groups is 2. The van der Waals surface area contributed by atoms with Gasteiger partial charge in [-0.2, -0.15) is 0 Å². The minimum Gasteiger partial charge on any atom is -0.468 e. The number of Topliss-reactive ketones (excluding diaryl/α,β-unsaturated/α-hetero) is 1. The molecule has 0 bridgehead atoms. The van der Waals surface area contributed by atoms with Crippen LogP contribution in [0.5, 0.6) is 0 Å². The predicted molar refractivity (Wildman–Crippen MR) is 66.5 cm³/mol. The van der Waals surface area contributed by atoms with Crippen molar-refractivity contribution in [3.8, 4) is 0 Å². The lowest BCUT2D eigenvalue weighted by atomic mass is 9.82. The second kappa shape index (κ2) is 6.77. The van der Waals surface area contributed by atoms with Gasteiger partial charge in [0.15, 0.2) is 0 Å². The van der Waals surface area contributed by atoms with Gasteiger partial charge >= 0.3 is 5.97 Å². The lowest BCUT2D eigenvalue weighted by Crippen LogP contribution is -2.34. The van der Waals surface area contributed by atoms with Gasteiger partial charge < -0.3 is 4.74 Å². The van der Waals surface area contributed by atoms with E-state index in [1.165, 1.54) is 20.0 Å². The molecule has 0 N–H and O–H groups in total. The molecule has 0 aromatic carbocycles. The van der Waals surface area contributed by atoms with Crippen molar-refractivity contribution in [3.63, 3.8) is 0 Å². The minimum atomic E-state index is -0.567. The first-order valence-corrected chi connectivity index (χ1v) is 6.69. The monoisotopic (exact) mass is 240 g/mol. The Morgan fingerprint density at radius 2 is 1.59 bits per heavy atom. The van der Waals surface area contributed by atoms with Crippen LogP contribution >= 0.6 is 0 Å². The zero-order valence-corrected chi connectivity index (χ0v) is 11.2. The molecule has 0 aliphatic heterocycles. The van der Waals surface area contributed by atoms with Crippen LogP contribution in [0.15, 0.2) is 0 Å². The average molecular weight is 240 g/mol. The number of ketones is 1. The van der Waals surface area contributed by atoms with E-state index in [4.69, 9.17) is 4.74 Å². The Labute approximate surface area is 104 Å². The molecule has 3 heteroatoms. The number of carbonyl (C=O) groups excluding carboxylic acids is 2. The van der Waals surface area contributed by atoms with Gasteiger partial charge in [0.1, 0.15) is 11.7 Å². The topological polar surface area (TPSA) is 43.4 Å². The number of methoxy groups -OCH3 is 1. The summed E-state index contributed by atoms with van der Waals surface area (Å²) < 4.78 is 4.76. The van der Waals surface area contributed by atoms with Gasteiger partial charge in [-0.3, -0.25) is 9.59 Å². The molecule has 17 heavy (non-hydrogen) atoms. The lowest BCUT2D eigenvalue weighted by Gasteiger charge is -2.22. The van der Waals surface area contributed by atoms with Crippen molar-refractivity contribution < 1.29 is 14.3 Å². The molecular formula is C14H24O3. The summed E-state index contributed by atoms with van der Waals surface area (Å²) in [4.78, 5) is 24.1. The first kappa shape index (κ1) is 14.2. The highest BCUT2D eigenvalue weighted by atomic mass is 16.5. The molecule has 0 aromatic heterocycles. The molecule has 0 spiro atoms. The molecule has 1 atom stereocenters. The molecule has 0 radical (unpaired) electrons. The molecule has 0 saturated heterocycles. The summed E-state index contributed by atoms with van der Waals surface area (Å²) >= 11 is 0.